The summed E-state index contributed by atoms with van der Waals surface area (Å²) in [6.07, 6.45) is 0. The van der Waals surface area contributed by atoms with Gasteiger partial charge in [0.2, 0.25) is 0 Å². The fourth-order valence-electron chi connectivity index (χ4n) is 4.52. The van der Waals surface area contributed by atoms with Crippen LogP contribution in [-0.4, -0.2) is 40.7 Å². The molecule has 0 saturated carbocycles. The van der Waals surface area contributed by atoms with E-state index in [4.69, 9.17) is 4.74 Å². The second kappa shape index (κ2) is 8.48. The van der Waals surface area contributed by atoms with Gasteiger partial charge in [0.05, 0.1) is 10.6 Å². The van der Waals surface area contributed by atoms with E-state index in [9.17, 15) is 8.42 Å². The molecule has 0 bridgehead atoms. The van der Waals surface area contributed by atoms with Crippen molar-refractivity contribution in [2.75, 3.05) is 35.4 Å². The Morgan fingerprint density at radius 1 is 0.969 bits per heavy atom. The van der Waals surface area contributed by atoms with E-state index in [1.807, 2.05) is 54.6 Å². The fraction of sp³-hybridized carbons (Fsp3) is 0.280. The van der Waals surface area contributed by atoms with Crippen LogP contribution in [0, 0.1) is 0 Å². The molecule has 0 aromatic heterocycles. The Morgan fingerprint density at radius 2 is 1.69 bits per heavy atom. The molecule has 166 valence electrons. The third kappa shape index (κ3) is 3.72. The molecule has 2 heterocycles. The molecule has 2 aliphatic heterocycles. The summed E-state index contributed by atoms with van der Waals surface area (Å²) in [5, 5.41) is 3.41. The van der Waals surface area contributed by atoms with Crippen molar-refractivity contribution >= 4 is 21.4 Å². The van der Waals surface area contributed by atoms with Crippen LogP contribution in [0.5, 0.6) is 5.75 Å². The second-order valence-corrected chi connectivity index (χ2v) is 10.1. The van der Waals surface area contributed by atoms with Gasteiger partial charge in [0.1, 0.15) is 18.4 Å². The average molecular weight is 450 g/mol. The summed E-state index contributed by atoms with van der Waals surface area (Å²) >= 11 is 0. The number of sulfonamides is 1. The van der Waals surface area contributed by atoms with E-state index < -0.39 is 16.1 Å². The highest BCUT2D eigenvalue weighted by atomic mass is 32.2. The molecule has 7 heteroatoms. The van der Waals surface area contributed by atoms with Gasteiger partial charge in [-0.3, -0.25) is 4.31 Å². The van der Waals surface area contributed by atoms with Crippen LogP contribution >= 0.6 is 0 Å². The minimum absolute atomic E-state index is 0.254. The summed E-state index contributed by atoms with van der Waals surface area (Å²) in [7, 11) is -3.79. The Kier molecular flexibility index (Phi) is 5.53. The van der Waals surface area contributed by atoms with Crippen molar-refractivity contribution in [2.45, 2.75) is 23.9 Å². The molecule has 3 aromatic rings. The standard InChI is InChI=1S/C25H27N3O3S/c1-19-17-26-14-15-27(19)21-12-13-23-25(16-21)31-18-24(20-8-4-2-5-9-20)28(23)32(29,30)22-10-6-3-7-11-22/h2-13,16,19,24,26H,14-15,17-18H2,1H3. The van der Waals surface area contributed by atoms with Gasteiger partial charge < -0.3 is 15.0 Å². The first kappa shape index (κ1) is 20.8. The molecule has 1 N–H and O–H groups in total. The summed E-state index contributed by atoms with van der Waals surface area (Å²) in [6, 6.07) is 24.1. The number of hydrogen-bond donors (Lipinski definition) is 1. The number of nitrogens with one attached hydrogen (secondary N) is 1. The van der Waals surface area contributed by atoms with Gasteiger partial charge in [-0.05, 0) is 36.8 Å². The molecule has 32 heavy (non-hydrogen) atoms. The van der Waals surface area contributed by atoms with Crippen LogP contribution in [0.3, 0.4) is 0 Å². The number of benzene rings is 3. The summed E-state index contributed by atoms with van der Waals surface area (Å²) in [4.78, 5) is 2.60. The van der Waals surface area contributed by atoms with Crippen LogP contribution < -0.4 is 19.3 Å². The molecular weight excluding hydrogens is 422 g/mol. The Morgan fingerprint density at radius 3 is 2.41 bits per heavy atom. The zero-order chi connectivity index (χ0) is 22.1. The number of hydrogen-bond acceptors (Lipinski definition) is 5. The molecule has 2 unspecified atom stereocenters. The van der Waals surface area contributed by atoms with Gasteiger partial charge in [0.15, 0.2) is 0 Å². The maximum atomic E-state index is 13.8. The smallest absolute Gasteiger partial charge is 0.265 e. The summed E-state index contributed by atoms with van der Waals surface area (Å²) in [6.45, 7) is 5.18. The van der Waals surface area contributed by atoms with Crippen LogP contribution in [0.25, 0.3) is 0 Å². The van der Waals surface area contributed by atoms with E-state index in [2.05, 4.69) is 17.1 Å². The Hall–Kier alpha value is -3.03. The zero-order valence-electron chi connectivity index (χ0n) is 18.0. The quantitative estimate of drug-likeness (QED) is 0.656. The Balaban J connectivity index is 1.61. The highest BCUT2D eigenvalue weighted by molar-refractivity contribution is 7.92. The van der Waals surface area contributed by atoms with Gasteiger partial charge in [-0.1, -0.05) is 48.5 Å². The molecule has 0 amide bonds. The van der Waals surface area contributed by atoms with Crippen LogP contribution in [0.15, 0.2) is 83.8 Å². The molecule has 6 nitrogen and oxygen atoms in total. The Labute approximate surface area is 189 Å². The second-order valence-electron chi connectivity index (χ2n) is 8.25. The lowest BCUT2D eigenvalue weighted by Crippen LogP contribution is -2.50. The van der Waals surface area contributed by atoms with Gasteiger partial charge in [0, 0.05) is 37.4 Å². The van der Waals surface area contributed by atoms with Crippen LogP contribution in [0.2, 0.25) is 0 Å². The van der Waals surface area contributed by atoms with Crippen molar-refractivity contribution in [3.05, 3.63) is 84.4 Å². The highest BCUT2D eigenvalue weighted by Crippen LogP contribution is 2.44. The molecule has 2 atom stereocenters. The summed E-state index contributed by atoms with van der Waals surface area (Å²) in [5.74, 6) is 0.597. The molecule has 0 spiro atoms. The summed E-state index contributed by atoms with van der Waals surface area (Å²) in [5.41, 5.74) is 2.52. The van der Waals surface area contributed by atoms with Crippen molar-refractivity contribution in [2.24, 2.45) is 0 Å². The van der Waals surface area contributed by atoms with E-state index in [-0.39, 0.29) is 11.5 Å². The van der Waals surface area contributed by atoms with E-state index in [0.29, 0.717) is 17.5 Å². The van der Waals surface area contributed by atoms with Crippen molar-refractivity contribution in [3.63, 3.8) is 0 Å². The lowest BCUT2D eigenvalue weighted by atomic mass is 10.1. The number of ether oxygens (including phenoxy) is 1. The topological polar surface area (TPSA) is 61.9 Å². The number of fused-ring (bicyclic) bond motifs is 1. The van der Waals surface area contributed by atoms with E-state index in [1.54, 1.807) is 24.3 Å². The maximum absolute atomic E-state index is 13.8. The first-order chi connectivity index (χ1) is 15.6. The van der Waals surface area contributed by atoms with E-state index in [1.165, 1.54) is 4.31 Å². The Bertz CT molecular complexity index is 1190. The molecule has 2 aliphatic rings. The van der Waals surface area contributed by atoms with Gasteiger partial charge in [-0.25, -0.2) is 8.42 Å². The SMILES string of the molecule is CC1CNCCN1c1ccc2c(c1)OCC(c1ccccc1)N2S(=O)(=O)c1ccccc1. The maximum Gasteiger partial charge on any atom is 0.265 e. The largest absolute Gasteiger partial charge is 0.489 e. The van der Waals surface area contributed by atoms with Crippen LogP contribution in [0.4, 0.5) is 11.4 Å². The molecule has 0 radical (unpaired) electrons. The number of piperazine rings is 1. The van der Waals surface area contributed by atoms with Crippen molar-refractivity contribution < 1.29 is 13.2 Å². The van der Waals surface area contributed by atoms with Crippen LogP contribution in [0.1, 0.15) is 18.5 Å². The highest BCUT2D eigenvalue weighted by Gasteiger charge is 2.38. The van der Waals surface area contributed by atoms with Gasteiger partial charge >= 0.3 is 0 Å². The predicted octanol–water partition coefficient (Wildman–Crippen LogP) is 3.81. The number of nitrogens with zero attached hydrogens (tertiary/aromatic N) is 2. The predicted molar refractivity (Wildman–Crippen MR) is 127 cm³/mol. The molecule has 1 saturated heterocycles. The average Bonchev–Trinajstić information content (AvgIpc) is 2.84. The molecular formula is C25H27N3O3S. The van der Waals surface area contributed by atoms with Gasteiger partial charge in [0.25, 0.3) is 10.0 Å². The zero-order valence-corrected chi connectivity index (χ0v) is 18.8. The minimum Gasteiger partial charge on any atom is -0.489 e. The third-order valence-electron chi connectivity index (χ3n) is 6.18. The monoisotopic (exact) mass is 449 g/mol. The molecule has 5 rings (SSSR count). The summed E-state index contributed by atoms with van der Waals surface area (Å²) < 4.78 is 35.3. The van der Waals surface area contributed by atoms with E-state index in [0.717, 1.165) is 30.9 Å². The van der Waals surface area contributed by atoms with Crippen molar-refractivity contribution in [1.82, 2.24) is 5.32 Å². The number of anilines is 2. The third-order valence-corrected chi connectivity index (χ3v) is 8.01. The normalized spacial score (nSPS) is 21.0. The number of rotatable bonds is 4. The van der Waals surface area contributed by atoms with Crippen molar-refractivity contribution in [1.29, 1.82) is 0 Å². The molecule has 1 fully saturated rings. The minimum atomic E-state index is -3.79. The molecule has 3 aromatic carbocycles. The fourth-order valence-corrected chi connectivity index (χ4v) is 6.17. The van der Waals surface area contributed by atoms with E-state index >= 15 is 0 Å². The lowest BCUT2D eigenvalue weighted by Gasteiger charge is -2.40. The first-order valence-electron chi connectivity index (χ1n) is 10.9. The van der Waals surface area contributed by atoms with Crippen molar-refractivity contribution in [3.8, 4) is 5.75 Å². The molecule has 0 aliphatic carbocycles. The van der Waals surface area contributed by atoms with Crippen LogP contribution in [-0.2, 0) is 10.0 Å². The lowest BCUT2D eigenvalue weighted by molar-refractivity contribution is 0.275. The first-order valence-corrected chi connectivity index (χ1v) is 12.4. The van der Waals surface area contributed by atoms with Gasteiger partial charge in [-0.2, -0.15) is 0 Å². The van der Waals surface area contributed by atoms with Gasteiger partial charge in [-0.15, -0.1) is 0 Å².